The van der Waals surface area contributed by atoms with Crippen molar-refractivity contribution in [3.8, 4) is 22.6 Å². The van der Waals surface area contributed by atoms with Crippen molar-refractivity contribution in [1.29, 1.82) is 0 Å². The summed E-state index contributed by atoms with van der Waals surface area (Å²) < 4.78 is 2.00. The number of urea groups is 1. The Labute approximate surface area is 201 Å². The number of aromatic nitrogens is 4. The predicted molar refractivity (Wildman–Crippen MR) is 132 cm³/mol. The fraction of sp³-hybridized carbons (Fsp3) is 0.240. The molecule has 0 radical (unpaired) electrons. The SMILES string of the molecule is CCn1c(SCC(=O)N2CCNC2=O)nnc1-c1cc(-c2ccc(C)cc2)nc2ccccc12. The number of nitrogens with zero attached hydrogens (tertiary/aromatic N) is 5. The molecule has 1 aliphatic rings. The lowest BCUT2D eigenvalue weighted by Crippen LogP contribution is -2.35. The molecule has 5 rings (SSSR count). The van der Waals surface area contributed by atoms with Gasteiger partial charge in [-0.25, -0.2) is 9.78 Å². The van der Waals surface area contributed by atoms with Crippen LogP contribution in [0.3, 0.4) is 0 Å². The number of imide groups is 1. The van der Waals surface area contributed by atoms with E-state index in [-0.39, 0.29) is 17.7 Å². The number of fused-ring (bicyclic) bond motifs is 1. The lowest BCUT2D eigenvalue weighted by Gasteiger charge is -2.13. The summed E-state index contributed by atoms with van der Waals surface area (Å²) in [6.07, 6.45) is 0. The number of rotatable bonds is 6. The number of hydrogen-bond acceptors (Lipinski definition) is 6. The van der Waals surface area contributed by atoms with Gasteiger partial charge in [0.1, 0.15) is 0 Å². The maximum atomic E-state index is 12.5. The number of carbonyl (C=O) groups is 2. The Morgan fingerprint density at radius 1 is 1.12 bits per heavy atom. The highest BCUT2D eigenvalue weighted by Crippen LogP contribution is 2.33. The molecule has 1 fully saturated rings. The van der Waals surface area contributed by atoms with Gasteiger partial charge in [-0.15, -0.1) is 10.2 Å². The van der Waals surface area contributed by atoms with Gasteiger partial charge in [0.25, 0.3) is 0 Å². The van der Waals surface area contributed by atoms with Gasteiger partial charge >= 0.3 is 6.03 Å². The fourth-order valence-corrected chi connectivity index (χ4v) is 4.90. The topological polar surface area (TPSA) is 93.0 Å². The lowest BCUT2D eigenvalue weighted by molar-refractivity contribution is -0.124. The zero-order valence-electron chi connectivity index (χ0n) is 19.0. The number of aryl methyl sites for hydroxylation is 1. The molecule has 0 spiro atoms. The Morgan fingerprint density at radius 3 is 2.65 bits per heavy atom. The van der Waals surface area contributed by atoms with Crippen LogP contribution in [-0.4, -0.2) is 55.4 Å². The van der Waals surface area contributed by atoms with Gasteiger partial charge in [0.2, 0.25) is 5.91 Å². The highest BCUT2D eigenvalue weighted by molar-refractivity contribution is 7.99. The van der Waals surface area contributed by atoms with E-state index in [1.54, 1.807) is 0 Å². The minimum absolute atomic E-state index is 0.122. The second kappa shape index (κ2) is 9.26. The maximum absolute atomic E-state index is 12.5. The van der Waals surface area contributed by atoms with Crippen LogP contribution in [0, 0.1) is 6.92 Å². The second-order valence-corrected chi connectivity index (χ2v) is 9.00. The third-order valence-electron chi connectivity index (χ3n) is 5.82. The third kappa shape index (κ3) is 4.14. The van der Waals surface area contributed by atoms with E-state index in [4.69, 9.17) is 4.98 Å². The average molecular weight is 473 g/mol. The van der Waals surface area contributed by atoms with Crippen molar-refractivity contribution in [3.05, 3.63) is 60.2 Å². The molecule has 0 aliphatic carbocycles. The van der Waals surface area contributed by atoms with Crippen LogP contribution in [0.1, 0.15) is 12.5 Å². The Morgan fingerprint density at radius 2 is 1.91 bits per heavy atom. The number of para-hydroxylation sites is 1. The fourth-order valence-electron chi connectivity index (χ4n) is 4.03. The van der Waals surface area contributed by atoms with Crippen LogP contribution >= 0.6 is 11.8 Å². The molecule has 1 N–H and O–H groups in total. The average Bonchev–Trinajstić information content (AvgIpc) is 3.48. The number of thioether (sulfide) groups is 1. The number of amides is 3. The standard InChI is InChI=1S/C25H24N6O2S/c1-3-30-23(28-29-25(30)34-15-22(32)31-13-12-26-24(31)33)19-14-21(17-10-8-16(2)9-11-17)27-20-7-5-4-6-18(19)20/h4-11,14H,3,12-13,15H2,1-2H3,(H,26,33). The summed E-state index contributed by atoms with van der Waals surface area (Å²) in [5.74, 6) is 0.614. The molecule has 4 aromatic rings. The van der Waals surface area contributed by atoms with Crippen molar-refractivity contribution in [2.75, 3.05) is 18.8 Å². The van der Waals surface area contributed by atoms with Gasteiger partial charge in [-0.3, -0.25) is 9.69 Å². The van der Waals surface area contributed by atoms with E-state index in [9.17, 15) is 9.59 Å². The molecule has 172 valence electrons. The summed E-state index contributed by atoms with van der Waals surface area (Å²) in [4.78, 5) is 30.4. The quantitative estimate of drug-likeness (QED) is 0.424. The molecule has 0 saturated carbocycles. The number of carbonyl (C=O) groups excluding carboxylic acids is 2. The van der Waals surface area contributed by atoms with Gasteiger partial charge in [-0.1, -0.05) is 59.8 Å². The Balaban J connectivity index is 1.52. The predicted octanol–water partition coefficient (Wildman–Crippen LogP) is 4.13. The normalized spacial score (nSPS) is 13.5. The second-order valence-electron chi connectivity index (χ2n) is 8.05. The molecular formula is C25H24N6O2S. The van der Waals surface area contributed by atoms with Crippen LogP contribution in [-0.2, 0) is 11.3 Å². The summed E-state index contributed by atoms with van der Waals surface area (Å²) in [5.41, 5.74) is 4.91. The van der Waals surface area contributed by atoms with Gasteiger partial charge in [0.05, 0.1) is 17.0 Å². The van der Waals surface area contributed by atoms with E-state index in [1.165, 1.54) is 22.2 Å². The largest absolute Gasteiger partial charge is 0.336 e. The van der Waals surface area contributed by atoms with Crippen molar-refractivity contribution in [2.24, 2.45) is 0 Å². The summed E-state index contributed by atoms with van der Waals surface area (Å²) in [6.45, 7) is 5.61. The van der Waals surface area contributed by atoms with E-state index in [1.807, 2.05) is 35.8 Å². The molecule has 1 saturated heterocycles. The minimum Gasteiger partial charge on any atom is -0.336 e. The van der Waals surface area contributed by atoms with Gasteiger partial charge in [0.15, 0.2) is 11.0 Å². The molecule has 9 heteroatoms. The number of benzene rings is 2. The molecule has 0 atom stereocenters. The lowest BCUT2D eigenvalue weighted by atomic mass is 10.0. The molecule has 8 nitrogen and oxygen atoms in total. The zero-order chi connectivity index (χ0) is 23.7. The smallest absolute Gasteiger partial charge is 0.324 e. The number of nitrogens with one attached hydrogen (secondary N) is 1. The number of pyridine rings is 1. The first kappa shape index (κ1) is 22.1. The van der Waals surface area contributed by atoms with E-state index < -0.39 is 0 Å². The molecule has 0 unspecified atom stereocenters. The van der Waals surface area contributed by atoms with E-state index >= 15 is 0 Å². The summed E-state index contributed by atoms with van der Waals surface area (Å²) in [6, 6.07) is 18.0. The van der Waals surface area contributed by atoms with Crippen LogP contribution < -0.4 is 5.32 Å². The van der Waals surface area contributed by atoms with E-state index in [2.05, 4.69) is 52.8 Å². The van der Waals surface area contributed by atoms with Crippen molar-refractivity contribution in [3.63, 3.8) is 0 Å². The van der Waals surface area contributed by atoms with Crippen LogP contribution in [0.25, 0.3) is 33.5 Å². The molecular weight excluding hydrogens is 448 g/mol. The van der Waals surface area contributed by atoms with Crippen molar-refractivity contribution in [2.45, 2.75) is 25.5 Å². The van der Waals surface area contributed by atoms with Crippen LogP contribution in [0.2, 0.25) is 0 Å². The molecule has 1 aliphatic heterocycles. The van der Waals surface area contributed by atoms with Crippen LogP contribution in [0.5, 0.6) is 0 Å². The Hall–Kier alpha value is -3.72. The van der Waals surface area contributed by atoms with Crippen LogP contribution in [0.4, 0.5) is 4.79 Å². The highest BCUT2D eigenvalue weighted by atomic mass is 32.2. The maximum Gasteiger partial charge on any atom is 0.324 e. The summed E-state index contributed by atoms with van der Waals surface area (Å²) >= 11 is 1.29. The van der Waals surface area contributed by atoms with Crippen molar-refractivity contribution < 1.29 is 9.59 Å². The summed E-state index contributed by atoms with van der Waals surface area (Å²) in [7, 11) is 0. The Bertz CT molecular complexity index is 1380. The minimum atomic E-state index is -0.338. The number of hydrogen-bond donors (Lipinski definition) is 1. The van der Waals surface area contributed by atoms with Crippen molar-refractivity contribution >= 4 is 34.6 Å². The molecule has 2 aromatic carbocycles. The van der Waals surface area contributed by atoms with Crippen LogP contribution in [0.15, 0.2) is 59.8 Å². The highest BCUT2D eigenvalue weighted by Gasteiger charge is 2.27. The van der Waals surface area contributed by atoms with Gasteiger partial charge < -0.3 is 9.88 Å². The Kier molecular flexibility index (Phi) is 6.02. The monoisotopic (exact) mass is 472 g/mol. The first-order chi connectivity index (χ1) is 16.5. The molecule has 0 bridgehead atoms. The molecule has 3 heterocycles. The molecule has 3 amide bonds. The van der Waals surface area contributed by atoms with Crippen molar-refractivity contribution in [1.82, 2.24) is 30.0 Å². The van der Waals surface area contributed by atoms with E-state index in [0.717, 1.165) is 33.5 Å². The first-order valence-corrected chi connectivity index (χ1v) is 12.1. The summed E-state index contributed by atoms with van der Waals surface area (Å²) in [5, 5.41) is 13.2. The van der Waals surface area contributed by atoms with Gasteiger partial charge in [0, 0.05) is 36.1 Å². The zero-order valence-corrected chi connectivity index (χ0v) is 19.8. The third-order valence-corrected chi connectivity index (χ3v) is 6.77. The van der Waals surface area contributed by atoms with Gasteiger partial charge in [-0.2, -0.15) is 0 Å². The molecule has 2 aromatic heterocycles. The van der Waals surface area contributed by atoms with E-state index in [0.29, 0.717) is 24.8 Å². The van der Waals surface area contributed by atoms with Gasteiger partial charge in [-0.05, 0) is 26.0 Å². The first-order valence-electron chi connectivity index (χ1n) is 11.2. The molecule has 34 heavy (non-hydrogen) atoms.